The molecule has 0 aliphatic rings. The number of esters is 1. The van der Waals surface area contributed by atoms with E-state index in [2.05, 4.69) is 10.3 Å². The van der Waals surface area contributed by atoms with Crippen LogP contribution in [0.5, 0.6) is 0 Å². The fourth-order valence-electron chi connectivity index (χ4n) is 2.12. The van der Waals surface area contributed by atoms with E-state index in [1.807, 2.05) is 37.3 Å². The zero-order valence-corrected chi connectivity index (χ0v) is 13.0. The number of anilines is 1. The molecule has 0 radical (unpaired) electrons. The molecular formula is C16H19ClN2O2. The van der Waals surface area contributed by atoms with Crippen LogP contribution in [0, 0.1) is 0 Å². The van der Waals surface area contributed by atoms with Crippen molar-refractivity contribution in [1.29, 1.82) is 0 Å². The molecule has 0 aliphatic heterocycles. The van der Waals surface area contributed by atoms with Crippen LogP contribution >= 0.6 is 11.6 Å². The van der Waals surface area contributed by atoms with Crippen molar-refractivity contribution in [1.82, 2.24) is 4.98 Å². The molecule has 0 bridgehead atoms. The van der Waals surface area contributed by atoms with E-state index in [-0.39, 0.29) is 12.0 Å². The quantitative estimate of drug-likeness (QED) is 0.646. The number of hydrogen-bond donors (Lipinski definition) is 1. The Morgan fingerprint density at radius 1 is 1.43 bits per heavy atom. The minimum Gasteiger partial charge on any atom is -0.466 e. The molecule has 1 N–H and O–H groups in total. The van der Waals surface area contributed by atoms with Crippen molar-refractivity contribution in [3.05, 3.63) is 35.5 Å². The first kappa shape index (κ1) is 15.6. The third-order valence-corrected chi connectivity index (χ3v) is 3.46. The van der Waals surface area contributed by atoms with Crippen molar-refractivity contribution < 1.29 is 9.53 Å². The maximum atomic E-state index is 11.3. The lowest BCUT2D eigenvalue weighted by Gasteiger charge is -2.15. The van der Waals surface area contributed by atoms with E-state index in [1.165, 1.54) is 0 Å². The van der Waals surface area contributed by atoms with Gasteiger partial charge in [-0.05, 0) is 31.7 Å². The Bertz CT molecular complexity index is 631. The largest absolute Gasteiger partial charge is 0.466 e. The van der Waals surface area contributed by atoms with Gasteiger partial charge in [-0.1, -0.05) is 35.9 Å². The second-order valence-electron chi connectivity index (χ2n) is 4.91. The number of nitrogens with one attached hydrogen (secondary N) is 1. The van der Waals surface area contributed by atoms with E-state index in [9.17, 15) is 4.79 Å². The molecule has 1 aromatic heterocycles. The Hall–Kier alpha value is -1.81. The van der Waals surface area contributed by atoms with Gasteiger partial charge in [0.15, 0.2) is 0 Å². The number of nitrogens with zero attached hydrogens (tertiary/aromatic N) is 1. The van der Waals surface area contributed by atoms with Gasteiger partial charge in [-0.3, -0.25) is 4.79 Å². The zero-order valence-electron chi connectivity index (χ0n) is 12.2. The summed E-state index contributed by atoms with van der Waals surface area (Å²) in [5.74, 6) is 0.547. The summed E-state index contributed by atoms with van der Waals surface area (Å²) in [6, 6.07) is 9.91. The van der Waals surface area contributed by atoms with E-state index in [1.54, 1.807) is 6.92 Å². The predicted octanol–water partition coefficient (Wildman–Crippen LogP) is 4.03. The molecule has 0 saturated carbocycles. The van der Waals surface area contributed by atoms with Crippen molar-refractivity contribution in [2.75, 3.05) is 11.9 Å². The summed E-state index contributed by atoms with van der Waals surface area (Å²) in [6.45, 7) is 4.23. The van der Waals surface area contributed by atoms with E-state index >= 15 is 0 Å². The van der Waals surface area contributed by atoms with Crippen LogP contribution in [-0.2, 0) is 9.53 Å². The molecule has 1 aromatic carbocycles. The van der Waals surface area contributed by atoms with Gasteiger partial charge in [-0.2, -0.15) is 0 Å². The zero-order chi connectivity index (χ0) is 15.2. The molecule has 0 aliphatic carbocycles. The first-order valence-electron chi connectivity index (χ1n) is 7.07. The Morgan fingerprint density at radius 3 is 2.95 bits per heavy atom. The first-order chi connectivity index (χ1) is 10.1. The summed E-state index contributed by atoms with van der Waals surface area (Å²) >= 11 is 6.19. The number of rotatable bonds is 6. The lowest BCUT2D eigenvalue weighted by Crippen LogP contribution is -2.18. The van der Waals surface area contributed by atoms with Crippen LogP contribution in [-0.4, -0.2) is 23.6 Å². The van der Waals surface area contributed by atoms with Crippen molar-refractivity contribution in [3.8, 4) is 0 Å². The van der Waals surface area contributed by atoms with Gasteiger partial charge in [0.25, 0.3) is 0 Å². The molecule has 1 heterocycles. The Kier molecular flexibility index (Phi) is 5.39. The van der Waals surface area contributed by atoms with E-state index in [0.717, 1.165) is 16.6 Å². The van der Waals surface area contributed by atoms with Crippen LogP contribution in [0.3, 0.4) is 0 Å². The van der Waals surface area contributed by atoms with Gasteiger partial charge in [0.1, 0.15) is 11.0 Å². The molecule has 0 spiro atoms. The molecule has 1 unspecified atom stereocenters. The van der Waals surface area contributed by atoms with Gasteiger partial charge >= 0.3 is 5.97 Å². The van der Waals surface area contributed by atoms with E-state index in [0.29, 0.717) is 24.6 Å². The predicted molar refractivity (Wildman–Crippen MR) is 85.7 cm³/mol. The highest BCUT2D eigenvalue weighted by molar-refractivity contribution is 6.34. The summed E-state index contributed by atoms with van der Waals surface area (Å²) < 4.78 is 4.92. The van der Waals surface area contributed by atoms with E-state index < -0.39 is 0 Å². The molecule has 21 heavy (non-hydrogen) atoms. The Labute approximate surface area is 129 Å². The van der Waals surface area contributed by atoms with Gasteiger partial charge in [0.05, 0.1) is 6.61 Å². The van der Waals surface area contributed by atoms with Gasteiger partial charge in [-0.15, -0.1) is 0 Å². The molecule has 0 amide bonds. The number of hydrogen-bond acceptors (Lipinski definition) is 4. The maximum absolute atomic E-state index is 11.3. The average molecular weight is 307 g/mol. The fourth-order valence-corrected chi connectivity index (χ4v) is 2.39. The normalized spacial score (nSPS) is 12.1. The summed E-state index contributed by atoms with van der Waals surface area (Å²) in [4.78, 5) is 15.7. The van der Waals surface area contributed by atoms with Crippen LogP contribution in [0.15, 0.2) is 30.3 Å². The molecule has 4 nitrogen and oxygen atoms in total. The minimum absolute atomic E-state index is 0.110. The number of aromatic nitrogens is 1. The topological polar surface area (TPSA) is 51.2 Å². The molecule has 0 saturated heterocycles. The lowest BCUT2D eigenvalue weighted by atomic mass is 10.1. The van der Waals surface area contributed by atoms with Crippen LogP contribution in [0.4, 0.5) is 5.82 Å². The molecule has 112 valence electrons. The van der Waals surface area contributed by atoms with Crippen LogP contribution in [0.2, 0.25) is 5.15 Å². The molecular weight excluding hydrogens is 288 g/mol. The first-order valence-corrected chi connectivity index (χ1v) is 7.45. The summed E-state index contributed by atoms with van der Waals surface area (Å²) in [6.07, 6.45) is 1.08. The standard InChI is InChI=1S/C16H19ClN2O2/c1-3-21-15(20)9-8-11(2)18-14-10-12-6-4-5-7-13(12)16(17)19-14/h4-7,10-11H,3,8-9H2,1-2H3,(H,18,19). The van der Waals surface area contributed by atoms with Gasteiger partial charge < -0.3 is 10.1 Å². The van der Waals surface area contributed by atoms with Crippen LogP contribution < -0.4 is 5.32 Å². The highest BCUT2D eigenvalue weighted by Gasteiger charge is 2.09. The van der Waals surface area contributed by atoms with Crippen molar-refractivity contribution in [3.63, 3.8) is 0 Å². The molecule has 1 atom stereocenters. The maximum Gasteiger partial charge on any atom is 0.305 e. The van der Waals surface area contributed by atoms with Gasteiger partial charge in [0.2, 0.25) is 0 Å². The Morgan fingerprint density at radius 2 is 2.19 bits per heavy atom. The van der Waals surface area contributed by atoms with E-state index in [4.69, 9.17) is 16.3 Å². The van der Waals surface area contributed by atoms with Crippen molar-refractivity contribution in [2.45, 2.75) is 32.7 Å². The van der Waals surface area contributed by atoms with Gasteiger partial charge in [-0.25, -0.2) is 4.98 Å². The highest BCUT2D eigenvalue weighted by atomic mass is 35.5. The van der Waals surface area contributed by atoms with Crippen LogP contribution in [0.1, 0.15) is 26.7 Å². The molecule has 0 fully saturated rings. The van der Waals surface area contributed by atoms with Gasteiger partial charge in [0, 0.05) is 17.8 Å². The van der Waals surface area contributed by atoms with Crippen molar-refractivity contribution in [2.24, 2.45) is 0 Å². The summed E-state index contributed by atoms with van der Waals surface area (Å²) in [5.41, 5.74) is 0. The number of ether oxygens (including phenoxy) is 1. The SMILES string of the molecule is CCOC(=O)CCC(C)Nc1cc2ccccc2c(Cl)n1. The Balaban J connectivity index is 2.01. The monoisotopic (exact) mass is 306 g/mol. The number of pyridine rings is 1. The molecule has 2 rings (SSSR count). The summed E-state index contributed by atoms with van der Waals surface area (Å²) in [5, 5.41) is 5.72. The third-order valence-electron chi connectivity index (χ3n) is 3.17. The number of halogens is 1. The fraction of sp³-hybridized carbons (Fsp3) is 0.375. The van der Waals surface area contributed by atoms with Crippen LogP contribution in [0.25, 0.3) is 10.8 Å². The second-order valence-corrected chi connectivity index (χ2v) is 5.27. The average Bonchev–Trinajstić information content (AvgIpc) is 2.45. The number of benzene rings is 1. The number of carbonyl (C=O) groups is 1. The number of carbonyl (C=O) groups excluding carboxylic acids is 1. The molecule has 5 heteroatoms. The smallest absolute Gasteiger partial charge is 0.305 e. The number of fused-ring (bicyclic) bond motifs is 1. The van der Waals surface area contributed by atoms with Crippen molar-refractivity contribution >= 4 is 34.2 Å². The lowest BCUT2D eigenvalue weighted by molar-refractivity contribution is -0.143. The minimum atomic E-state index is -0.171. The summed E-state index contributed by atoms with van der Waals surface area (Å²) in [7, 11) is 0. The second kappa shape index (κ2) is 7.27. The third kappa shape index (κ3) is 4.33. The highest BCUT2D eigenvalue weighted by Crippen LogP contribution is 2.24. The molecule has 2 aromatic rings.